The van der Waals surface area contributed by atoms with Crippen molar-refractivity contribution in [3.63, 3.8) is 0 Å². The van der Waals surface area contributed by atoms with Crippen LogP contribution in [0.15, 0.2) is 22.0 Å². The fourth-order valence-electron chi connectivity index (χ4n) is 1.90. The smallest absolute Gasteiger partial charge is 0.226 e. The average molecular weight is 289 g/mol. The van der Waals surface area contributed by atoms with E-state index in [4.69, 9.17) is 4.52 Å². The summed E-state index contributed by atoms with van der Waals surface area (Å²) >= 11 is 1.60. The Kier molecular flexibility index (Phi) is 3.51. The Hall–Kier alpha value is -2.15. The van der Waals surface area contributed by atoms with Crippen LogP contribution in [-0.4, -0.2) is 21.7 Å². The van der Waals surface area contributed by atoms with E-state index in [0.29, 0.717) is 12.5 Å². The van der Waals surface area contributed by atoms with Crippen LogP contribution in [-0.2, 0) is 6.54 Å². The molecule has 0 amide bonds. The Bertz CT molecular complexity index is 720. The van der Waals surface area contributed by atoms with Crippen LogP contribution in [0.2, 0.25) is 0 Å². The van der Waals surface area contributed by atoms with Crippen LogP contribution in [0.3, 0.4) is 0 Å². The molecular weight excluding hydrogens is 274 g/mol. The maximum absolute atomic E-state index is 5.05. The summed E-state index contributed by atoms with van der Waals surface area (Å²) in [5.41, 5.74) is 0.856. The zero-order valence-corrected chi connectivity index (χ0v) is 12.1. The van der Waals surface area contributed by atoms with Crippen molar-refractivity contribution in [1.82, 2.24) is 15.1 Å². The third kappa shape index (κ3) is 2.57. The summed E-state index contributed by atoms with van der Waals surface area (Å²) in [4.78, 5) is 9.93. The lowest BCUT2D eigenvalue weighted by Crippen LogP contribution is -2.07. The first kappa shape index (κ1) is 12.9. The van der Waals surface area contributed by atoms with Crippen LogP contribution in [0.4, 0.5) is 11.8 Å². The lowest BCUT2D eigenvalue weighted by molar-refractivity contribution is 0.391. The summed E-state index contributed by atoms with van der Waals surface area (Å²) in [5.74, 6) is 2.26. The third-order valence-corrected chi connectivity index (χ3v) is 3.58. The topological polar surface area (TPSA) is 75.9 Å². The predicted molar refractivity (Wildman–Crippen MR) is 80.1 cm³/mol. The van der Waals surface area contributed by atoms with Crippen LogP contribution >= 0.6 is 11.3 Å². The van der Waals surface area contributed by atoms with E-state index in [9.17, 15) is 0 Å². The molecule has 3 heterocycles. The number of thiophene rings is 1. The Morgan fingerprint density at radius 1 is 1.30 bits per heavy atom. The van der Waals surface area contributed by atoms with Gasteiger partial charge in [-0.05, 0) is 25.3 Å². The number of rotatable bonds is 5. The summed E-state index contributed by atoms with van der Waals surface area (Å²) in [6.45, 7) is 5.26. The Morgan fingerprint density at radius 3 is 2.95 bits per heavy atom. The second-order valence-corrected chi connectivity index (χ2v) is 5.24. The van der Waals surface area contributed by atoms with E-state index in [0.717, 1.165) is 34.0 Å². The molecule has 3 aromatic heterocycles. The molecule has 3 rings (SSSR count). The van der Waals surface area contributed by atoms with Gasteiger partial charge in [0.05, 0.1) is 11.9 Å². The molecule has 0 fully saturated rings. The first-order chi connectivity index (χ1) is 9.76. The zero-order chi connectivity index (χ0) is 13.9. The van der Waals surface area contributed by atoms with Gasteiger partial charge in [-0.1, -0.05) is 5.16 Å². The standard InChI is InChI=1S/C13H15N5OS/c1-3-14-13-16-11(10-4-5-20-12(10)17-13)15-7-9-6-8(2)19-18-9/h4-6H,3,7H2,1-2H3,(H2,14,15,16,17). The molecule has 0 aliphatic heterocycles. The molecule has 2 N–H and O–H groups in total. The predicted octanol–water partition coefficient (Wildman–Crippen LogP) is 3.03. The van der Waals surface area contributed by atoms with E-state index in [1.54, 1.807) is 11.3 Å². The minimum absolute atomic E-state index is 0.574. The molecule has 0 bridgehead atoms. The van der Waals surface area contributed by atoms with Crippen molar-refractivity contribution in [3.05, 3.63) is 29.0 Å². The van der Waals surface area contributed by atoms with Crippen molar-refractivity contribution >= 4 is 33.3 Å². The number of hydrogen-bond donors (Lipinski definition) is 2. The quantitative estimate of drug-likeness (QED) is 0.752. The van der Waals surface area contributed by atoms with Gasteiger partial charge in [-0.2, -0.15) is 4.98 Å². The molecule has 0 saturated carbocycles. The first-order valence-electron chi connectivity index (χ1n) is 6.41. The summed E-state index contributed by atoms with van der Waals surface area (Å²) in [7, 11) is 0. The van der Waals surface area contributed by atoms with Gasteiger partial charge in [-0.15, -0.1) is 11.3 Å². The maximum atomic E-state index is 5.05. The molecule has 104 valence electrons. The van der Waals surface area contributed by atoms with Crippen molar-refractivity contribution in [2.24, 2.45) is 0 Å². The first-order valence-corrected chi connectivity index (χ1v) is 7.29. The SMILES string of the molecule is CCNc1nc(NCc2cc(C)on2)c2ccsc2n1. The molecule has 20 heavy (non-hydrogen) atoms. The minimum atomic E-state index is 0.574. The van der Waals surface area contributed by atoms with Gasteiger partial charge in [0, 0.05) is 12.6 Å². The van der Waals surface area contributed by atoms with E-state index < -0.39 is 0 Å². The van der Waals surface area contributed by atoms with Crippen molar-refractivity contribution in [3.8, 4) is 0 Å². The van der Waals surface area contributed by atoms with Crippen LogP contribution < -0.4 is 10.6 Å². The molecule has 7 heteroatoms. The van der Waals surface area contributed by atoms with Gasteiger partial charge in [0.2, 0.25) is 5.95 Å². The van der Waals surface area contributed by atoms with E-state index in [1.165, 1.54) is 0 Å². The molecule has 6 nitrogen and oxygen atoms in total. The minimum Gasteiger partial charge on any atom is -0.364 e. The Morgan fingerprint density at radius 2 is 2.20 bits per heavy atom. The molecule has 0 atom stereocenters. The molecule has 0 spiro atoms. The van der Waals surface area contributed by atoms with Gasteiger partial charge in [0.15, 0.2) is 0 Å². The molecule has 3 aromatic rings. The highest BCUT2D eigenvalue weighted by atomic mass is 32.1. The summed E-state index contributed by atoms with van der Waals surface area (Å²) in [6, 6.07) is 3.93. The van der Waals surface area contributed by atoms with Gasteiger partial charge in [0.1, 0.15) is 22.1 Å². The highest BCUT2D eigenvalue weighted by Gasteiger charge is 2.09. The van der Waals surface area contributed by atoms with E-state index in [2.05, 4.69) is 25.8 Å². The lowest BCUT2D eigenvalue weighted by Gasteiger charge is -2.07. The number of nitrogens with zero attached hydrogens (tertiary/aromatic N) is 3. The molecule has 0 unspecified atom stereocenters. The normalized spacial score (nSPS) is 10.9. The van der Waals surface area contributed by atoms with E-state index >= 15 is 0 Å². The lowest BCUT2D eigenvalue weighted by atomic mass is 10.3. The van der Waals surface area contributed by atoms with Crippen LogP contribution in [0.5, 0.6) is 0 Å². The molecule has 0 radical (unpaired) electrons. The Balaban J connectivity index is 1.87. The van der Waals surface area contributed by atoms with Crippen molar-refractivity contribution in [2.75, 3.05) is 17.2 Å². The number of fused-ring (bicyclic) bond motifs is 1. The zero-order valence-electron chi connectivity index (χ0n) is 11.3. The second-order valence-electron chi connectivity index (χ2n) is 4.35. The van der Waals surface area contributed by atoms with Crippen molar-refractivity contribution in [1.29, 1.82) is 0 Å². The number of anilines is 2. The van der Waals surface area contributed by atoms with Crippen molar-refractivity contribution < 1.29 is 4.52 Å². The largest absolute Gasteiger partial charge is 0.364 e. The van der Waals surface area contributed by atoms with Gasteiger partial charge in [-0.25, -0.2) is 4.98 Å². The Labute approximate surface area is 120 Å². The monoisotopic (exact) mass is 289 g/mol. The molecule has 0 aromatic carbocycles. The molecule has 0 saturated heterocycles. The summed E-state index contributed by atoms with van der Waals surface area (Å²) in [5, 5.41) is 13.4. The number of nitrogens with one attached hydrogen (secondary N) is 2. The fraction of sp³-hybridized carbons (Fsp3) is 0.308. The van der Waals surface area contributed by atoms with Crippen LogP contribution in [0, 0.1) is 6.92 Å². The number of hydrogen-bond acceptors (Lipinski definition) is 7. The third-order valence-electron chi connectivity index (χ3n) is 2.77. The molecular formula is C13H15N5OS. The summed E-state index contributed by atoms with van der Waals surface area (Å²) < 4.78 is 5.05. The van der Waals surface area contributed by atoms with Gasteiger partial charge >= 0.3 is 0 Å². The van der Waals surface area contributed by atoms with E-state index in [1.807, 2.05) is 31.4 Å². The van der Waals surface area contributed by atoms with Crippen LogP contribution in [0.25, 0.3) is 10.2 Å². The highest BCUT2D eigenvalue weighted by molar-refractivity contribution is 7.16. The van der Waals surface area contributed by atoms with Gasteiger partial charge in [-0.3, -0.25) is 0 Å². The number of aromatic nitrogens is 3. The maximum Gasteiger partial charge on any atom is 0.226 e. The van der Waals surface area contributed by atoms with Gasteiger partial charge in [0.25, 0.3) is 0 Å². The van der Waals surface area contributed by atoms with Gasteiger partial charge < -0.3 is 15.2 Å². The number of aryl methyl sites for hydroxylation is 1. The van der Waals surface area contributed by atoms with E-state index in [-0.39, 0.29) is 0 Å². The second kappa shape index (κ2) is 5.46. The molecule has 0 aliphatic carbocycles. The molecule has 0 aliphatic rings. The van der Waals surface area contributed by atoms with Crippen molar-refractivity contribution in [2.45, 2.75) is 20.4 Å². The summed E-state index contributed by atoms with van der Waals surface area (Å²) in [6.07, 6.45) is 0. The average Bonchev–Trinajstić information content (AvgIpc) is 3.05. The van der Waals surface area contributed by atoms with Crippen LogP contribution in [0.1, 0.15) is 18.4 Å². The highest BCUT2D eigenvalue weighted by Crippen LogP contribution is 2.26. The fourth-order valence-corrected chi connectivity index (χ4v) is 2.67.